The SMILES string of the molecule is COc1cc(NC(=O)CC(C)Cc2cccc(F)c2)ccc1C(=O)O. The maximum absolute atomic E-state index is 13.2. The van der Waals surface area contributed by atoms with Crippen LogP contribution in [0.4, 0.5) is 10.1 Å². The highest BCUT2D eigenvalue weighted by Crippen LogP contribution is 2.23. The van der Waals surface area contributed by atoms with E-state index in [2.05, 4.69) is 5.32 Å². The summed E-state index contributed by atoms with van der Waals surface area (Å²) in [5, 5.41) is 11.8. The van der Waals surface area contributed by atoms with Crippen LogP contribution in [0.3, 0.4) is 0 Å². The van der Waals surface area contributed by atoms with Crippen LogP contribution >= 0.6 is 0 Å². The first-order valence-corrected chi connectivity index (χ1v) is 7.84. The second-order valence-corrected chi connectivity index (χ2v) is 5.91. The average molecular weight is 345 g/mol. The van der Waals surface area contributed by atoms with Gasteiger partial charge in [-0.25, -0.2) is 9.18 Å². The molecular formula is C19H20FNO4. The van der Waals surface area contributed by atoms with E-state index in [1.807, 2.05) is 13.0 Å². The van der Waals surface area contributed by atoms with Crippen LogP contribution in [0.1, 0.15) is 29.3 Å². The zero-order valence-electron chi connectivity index (χ0n) is 14.1. The maximum Gasteiger partial charge on any atom is 0.339 e. The van der Waals surface area contributed by atoms with E-state index in [1.54, 1.807) is 6.07 Å². The Labute approximate surface area is 145 Å². The molecule has 1 amide bonds. The first-order chi connectivity index (χ1) is 11.9. The van der Waals surface area contributed by atoms with E-state index >= 15 is 0 Å². The smallest absolute Gasteiger partial charge is 0.339 e. The van der Waals surface area contributed by atoms with Crippen LogP contribution in [-0.4, -0.2) is 24.1 Å². The third-order valence-corrected chi connectivity index (χ3v) is 3.72. The molecule has 132 valence electrons. The molecular weight excluding hydrogens is 325 g/mol. The van der Waals surface area contributed by atoms with E-state index in [4.69, 9.17) is 9.84 Å². The van der Waals surface area contributed by atoms with Gasteiger partial charge in [0.25, 0.3) is 0 Å². The number of rotatable bonds is 7. The Balaban J connectivity index is 1.96. The lowest BCUT2D eigenvalue weighted by atomic mass is 9.97. The van der Waals surface area contributed by atoms with E-state index in [0.29, 0.717) is 12.1 Å². The molecule has 0 radical (unpaired) electrons. The van der Waals surface area contributed by atoms with Gasteiger partial charge in [0, 0.05) is 18.2 Å². The van der Waals surface area contributed by atoms with Crippen molar-refractivity contribution in [3.63, 3.8) is 0 Å². The van der Waals surface area contributed by atoms with Crippen molar-refractivity contribution in [3.05, 3.63) is 59.4 Å². The van der Waals surface area contributed by atoms with Crippen molar-refractivity contribution in [3.8, 4) is 5.75 Å². The number of carboxylic acids is 1. The summed E-state index contributed by atoms with van der Waals surface area (Å²) in [7, 11) is 1.37. The van der Waals surface area contributed by atoms with Crippen molar-refractivity contribution in [2.24, 2.45) is 5.92 Å². The van der Waals surface area contributed by atoms with E-state index in [0.717, 1.165) is 5.56 Å². The first-order valence-electron chi connectivity index (χ1n) is 7.84. The quantitative estimate of drug-likeness (QED) is 0.801. The molecule has 1 atom stereocenters. The zero-order valence-corrected chi connectivity index (χ0v) is 14.1. The van der Waals surface area contributed by atoms with Gasteiger partial charge in [0.05, 0.1) is 7.11 Å². The fraction of sp³-hybridized carbons (Fsp3) is 0.263. The summed E-state index contributed by atoms with van der Waals surface area (Å²) in [6, 6.07) is 10.7. The number of anilines is 1. The summed E-state index contributed by atoms with van der Waals surface area (Å²) in [6.45, 7) is 1.92. The number of halogens is 1. The molecule has 5 nitrogen and oxygen atoms in total. The van der Waals surface area contributed by atoms with Gasteiger partial charge >= 0.3 is 5.97 Å². The van der Waals surface area contributed by atoms with Gasteiger partial charge in [-0.05, 0) is 42.2 Å². The predicted octanol–water partition coefficient (Wildman–Crippen LogP) is 3.74. The predicted molar refractivity (Wildman–Crippen MR) is 92.5 cm³/mol. The Hall–Kier alpha value is -2.89. The van der Waals surface area contributed by atoms with Crippen LogP contribution in [0.25, 0.3) is 0 Å². The van der Waals surface area contributed by atoms with Gasteiger partial charge in [-0.3, -0.25) is 4.79 Å². The van der Waals surface area contributed by atoms with Gasteiger partial charge in [-0.2, -0.15) is 0 Å². The van der Waals surface area contributed by atoms with Crippen LogP contribution in [0.2, 0.25) is 0 Å². The van der Waals surface area contributed by atoms with Crippen molar-refractivity contribution in [1.29, 1.82) is 0 Å². The van der Waals surface area contributed by atoms with Gasteiger partial charge in [-0.15, -0.1) is 0 Å². The summed E-state index contributed by atoms with van der Waals surface area (Å²) >= 11 is 0. The van der Waals surface area contributed by atoms with Gasteiger partial charge in [0.1, 0.15) is 17.1 Å². The molecule has 0 heterocycles. The third-order valence-electron chi connectivity index (χ3n) is 3.72. The van der Waals surface area contributed by atoms with Gasteiger partial charge in [0.15, 0.2) is 0 Å². The molecule has 25 heavy (non-hydrogen) atoms. The van der Waals surface area contributed by atoms with Crippen LogP contribution in [-0.2, 0) is 11.2 Å². The fourth-order valence-electron chi connectivity index (χ4n) is 2.61. The lowest BCUT2D eigenvalue weighted by Crippen LogP contribution is -2.16. The highest BCUT2D eigenvalue weighted by molar-refractivity contribution is 5.94. The molecule has 0 aliphatic heterocycles. The minimum absolute atomic E-state index is 0.0278. The maximum atomic E-state index is 13.2. The minimum Gasteiger partial charge on any atom is -0.496 e. The van der Waals surface area contributed by atoms with Gasteiger partial charge in [-0.1, -0.05) is 19.1 Å². The van der Waals surface area contributed by atoms with Crippen LogP contribution in [0.15, 0.2) is 42.5 Å². The summed E-state index contributed by atoms with van der Waals surface area (Å²) < 4.78 is 18.2. The van der Waals surface area contributed by atoms with Gasteiger partial charge in [0.2, 0.25) is 5.91 Å². The Morgan fingerprint density at radius 3 is 2.64 bits per heavy atom. The summed E-state index contributed by atoms with van der Waals surface area (Å²) in [4.78, 5) is 23.2. The highest BCUT2D eigenvalue weighted by atomic mass is 19.1. The van der Waals surface area contributed by atoms with Crippen molar-refractivity contribution in [2.45, 2.75) is 19.8 Å². The number of amides is 1. The third kappa shape index (κ3) is 5.31. The number of carboxylic acid groups (broad SMARTS) is 1. The summed E-state index contributed by atoms with van der Waals surface area (Å²) in [5.41, 5.74) is 1.33. The van der Waals surface area contributed by atoms with Crippen LogP contribution in [0.5, 0.6) is 5.75 Å². The van der Waals surface area contributed by atoms with Crippen LogP contribution < -0.4 is 10.1 Å². The highest BCUT2D eigenvalue weighted by Gasteiger charge is 2.14. The molecule has 0 spiro atoms. The molecule has 0 bridgehead atoms. The van der Waals surface area contributed by atoms with E-state index in [9.17, 15) is 14.0 Å². The number of hydrogen-bond acceptors (Lipinski definition) is 3. The number of aromatic carboxylic acids is 1. The molecule has 0 aromatic heterocycles. The standard InChI is InChI=1S/C19H20FNO4/c1-12(8-13-4-3-5-14(20)10-13)9-18(22)21-15-6-7-16(19(23)24)17(11-15)25-2/h3-7,10-12H,8-9H2,1-2H3,(H,21,22)(H,23,24). The monoisotopic (exact) mass is 345 g/mol. The van der Waals surface area contributed by atoms with E-state index < -0.39 is 5.97 Å². The molecule has 2 aromatic carbocycles. The fourth-order valence-corrected chi connectivity index (χ4v) is 2.61. The van der Waals surface area contributed by atoms with Crippen molar-refractivity contribution < 1.29 is 23.8 Å². The Morgan fingerprint density at radius 1 is 1.24 bits per heavy atom. The number of ether oxygens (including phenoxy) is 1. The number of hydrogen-bond donors (Lipinski definition) is 2. The molecule has 0 fully saturated rings. The topological polar surface area (TPSA) is 75.6 Å². The molecule has 0 saturated carbocycles. The second-order valence-electron chi connectivity index (χ2n) is 5.91. The summed E-state index contributed by atoms with van der Waals surface area (Å²) in [6.07, 6.45) is 0.853. The number of carbonyl (C=O) groups is 2. The van der Waals surface area contributed by atoms with E-state index in [-0.39, 0.29) is 35.4 Å². The molecule has 0 saturated heterocycles. The molecule has 6 heteroatoms. The van der Waals surface area contributed by atoms with E-state index in [1.165, 1.54) is 37.4 Å². The van der Waals surface area contributed by atoms with Crippen molar-refractivity contribution >= 4 is 17.6 Å². The van der Waals surface area contributed by atoms with Crippen LogP contribution in [0, 0.1) is 11.7 Å². The largest absolute Gasteiger partial charge is 0.496 e. The number of methoxy groups -OCH3 is 1. The Morgan fingerprint density at radius 2 is 2.00 bits per heavy atom. The Bertz CT molecular complexity index is 776. The van der Waals surface area contributed by atoms with Crippen molar-refractivity contribution in [1.82, 2.24) is 0 Å². The molecule has 2 N–H and O–H groups in total. The molecule has 0 aliphatic rings. The number of benzene rings is 2. The average Bonchev–Trinajstić information content (AvgIpc) is 2.54. The normalized spacial score (nSPS) is 11.6. The summed E-state index contributed by atoms with van der Waals surface area (Å²) in [5.74, 6) is -1.38. The van der Waals surface area contributed by atoms with Gasteiger partial charge < -0.3 is 15.2 Å². The number of carbonyl (C=O) groups excluding carboxylic acids is 1. The lowest BCUT2D eigenvalue weighted by molar-refractivity contribution is -0.116. The van der Waals surface area contributed by atoms with Crippen molar-refractivity contribution in [2.75, 3.05) is 12.4 Å². The molecule has 2 rings (SSSR count). The zero-order chi connectivity index (χ0) is 18.4. The minimum atomic E-state index is -1.10. The second kappa shape index (κ2) is 8.28. The Kier molecular flexibility index (Phi) is 6.11. The lowest BCUT2D eigenvalue weighted by Gasteiger charge is -2.13. The first kappa shape index (κ1) is 18.4. The molecule has 1 unspecified atom stereocenters. The molecule has 0 aliphatic carbocycles. The number of nitrogens with one attached hydrogen (secondary N) is 1. The molecule has 2 aromatic rings.